The number of hydrogen-bond acceptors (Lipinski definition) is 6. The number of carbonyl (C=O) groups excluding carboxylic acids is 1. The highest BCUT2D eigenvalue weighted by Crippen LogP contribution is 2.34. The van der Waals surface area contributed by atoms with Gasteiger partial charge in [0.15, 0.2) is 11.4 Å². The van der Waals surface area contributed by atoms with Crippen LogP contribution in [0.4, 0.5) is 0 Å². The van der Waals surface area contributed by atoms with Crippen molar-refractivity contribution < 1.29 is 19.2 Å². The number of pyridine rings is 1. The van der Waals surface area contributed by atoms with Gasteiger partial charge in [-0.1, -0.05) is 0 Å². The van der Waals surface area contributed by atoms with Gasteiger partial charge in [-0.25, -0.2) is 0 Å². The molecule has 0 spiro atoms. The molecule has 0 radical (unpaired) electrons. The summed E-state index contributed by atoms with van der Waals surface area (Å²) in [6, 6.07) is 0. The fourth-order valence-electron chi connectivity index (χ4n) is 2.53. The van der Waals surface area contributed by atoms with Crippen LogP contribution in [0.15, 0.2) is 11.0 Å². The van der Waals surface area contributed by atoms with Gasteiger partial charge >= 0.3 is 0 Å². The maximum Gasteiger partial charge on any atom is 0.278 e. The zero-order valence-corrected chi connectivity index (χ0v) is 12.6. The van der Waals surface area contributed by atoms with Gasteiger partial charge in [-0.05, 0) is 13.3 Å². The summed E-state index contributed by atoms with van der Waals surface area (Å²) in [6.45, 7) is 3.98. The lowest BCUT2D eigenvalue weighted by molar-refractivity contribution is -0.00311. The molecule has 0 saturated carbocycles. The molecular formula is C12H16N3O5P. The van der Waals surface area contributed by atoms with E-state index in [9.17, 15) is 19.3 Å². The van der Waals surface area contributed by atoms with Crippen molar-refractivity contribution in [3.05, 3.63) is 22.1 Å². The summed E-state index contributed by atoms with van der Waals surface area (Å²) < 4.78 is 18.8. The number of ether oxygens (including phenoxy) is 1. The third-order valence-corrected chi connectivity index (χ3v) is 5.10. The number of nitrogens with zero attached hydrogens (tertiary/aromatic N) is 2. The van der Waals surface area contributed by atoms with Crippen LogP contribution in [-0.2, 0) is 9.30 Å². The van der Waals surface area contributed by atoms with Crippen LogP contribution in [-0.4, -0.2) is 59.8 Å². The highest BCUT2D eigenvalue weighted by molar-refractivity contribution is 7.70. The molecule has 21 heavy (non-hydrogen) atoms. The first-order chi connectivity index (χ1) is 9.80. The van der Waals surface area contributed by atoms with Crippen LogP contribution in [0.1, 0.15) is 10.5 Å². The smallest absolute Gasteiger partial charge is 0.278 e. The summed E-state index contributed by atoms with van der Waals surface area (Å²) in [6.07, 6.45) is 0.962. The number of nitrogens with one attached hydrogen (secondary N) is 1. The zero-order valence-electron chi connectivity index (χ0n) is 11.7. The van der Waals surface area contributed by atoms with Crippen LogP contribution in [0.25, 0.3) is 0 Å². The van der Waals surface area contributed by atoms with Crippen molar-refractivity contribution >= 4 is 18.4 Å². The van der Waals surface area contributed by atoms with Crippen LogP contribution < -0.4 is 16.2 Å². The molecule has 0 bridgehead atoms. The molecule has 0 aromatic carbocycles. The second-order valence-corrected chi connectivity index (χ2v) is 8.66. The van der Waals surface area contributed by atoms with Gasteiger partial charge in [-0.2, -0.15) is 0 Å². The first-order valence-corrected chi connectivity index (χ1v) is 9.10. The van der Waals surface area contributed by atoms with Gasteiger partial charge in [-0.3, -0.25) is 14.3 Å². The predicted octanol–water partition coefficient (Wildman–Crippen LogP) is -0.842. The number of carbonyl (C=O) groups is 1. The van der Waals surface area contributed by atoms with Crippen LogP contribution >= 0.6 is 7.14 Å². The van der Waals surface area contributed by atoms with E-state index in [-0.39, 0.29) is 17.2 Å². The normalized spacial score (nSPS) is 21.5. The highest BCUT2D eigenvalue weighted by atomic mass is 31.2. The average molecular weight is 313 g/mol. The van der Waals surface area contributed by atoms with Gasteiger partial charge in [0.05, 0.1) is 18.5 Å². The number of aromatic hydroxyl groups is 1. The summed E-state index contributed by atoms with van der Waals surface area (Å²) in [5.41, 5.74) is 2.10. The molecule has 1 unspecified atom stereocenters. The second-order valence-electron chi connectivity index (χ2n) is 5.48. The quantitative estimate of drug-likeness (QED) is 0.656. The Morgan fingerprint density at radius 2 is 2.14 bits per heavy atom. The number of morpholine rings is 1. The van der Waals surface area contributed by atoms with Gasteiger partial charge < -0.3 is 24.7 Å². The number of aromatic nitrogens is 1. The Morgan fingerprint density at radius 1 is 1.43 bits per heavy atom. The van der Waals surface area contributed by atoms with Gasteiger partial charge in [0.2, 0.25) is 5.43 Å². The van der Waals surface area contributed by atoms with E-state index in [1.807, 2.05) is 0 Å². The number of hydrogen-bond donors (Lipinski definition) is 2. The topological polar surface area (TPSA) is 101 Å². The average Bonchev–Trinajstić information content (AvgIpc) is 2.41. The fraction of sp³-hybridized carbons (Fsp3) is 0.500. The van der Waals surface area contributed by atoms with Crippen molar-refractivity contribution in [2.75, 3.05) is 38.5 Å². The Labute approximate surface area is 120 Å². The molecule has 1 saturated heterocycles. The first kappa shape index (κ1) is 14.2. The van der Waals surface area contributed by atoms with E-state index in [0.29, 0.717) is 19.8 Å². The summed E-state index contributed by atoms with van der Waals surface area (Å²) in [5, 5.41) is 10.1. The van der Waals surface area contributed by atoms with E-state index in [2.05, 4.69) is 5.43 Å². The third kappa shape index (κ3) is 2.15. The lowest BCUT2D eigenvalue weighted by atomic mass is 10.2. The van der Waals surface area contributed by atoms with E-state index >= 15 is 0 Å². The first-order valence-electron chi connectivity index (χ1n) is 6.50. The minimum Gasteiger partial charge on any atom is -0.502 e. The molecule has 1 aromatic heterocycles. The Morgan fingerprint density at radius 3 is 2.81 bits per heavy atom. The summed E-state index contributed by atoms with van der Waals surface area (Å²) >= 11 is 0. The molecule has 2 aliphatic heterocycles. The molecule has 8 nitrogen and oxygen atoms in total. The van der Waals surface area contributed by atoms with Crippen molar-refractivity contribution in [1.29, 1.82) is 0 Å². The van der Waals surface area contributed by atoms with Gasteiger partial charge in [0.1, 0.15) is 13.3 Å². The molecule has 0 aliphatic carbocycles. The fourth-order valence-corrected chi connectivity index (χ4v) is 3.52. The Hall–Kier alpha value is -1.79. The third-order valence-electron chi connectivity index (χ3n) is 3.62. The molecule has 3 rings (SSSR count). The Kier molecular flexibility index (Phi) is 3.11. The minimum atomic E-state index is -2.87. The highest BCUT2D eigenvalue weighted by Gasteiger charge is 2.37. The van der Waals surface area contributed by atoms with Gasteiger partial charge in [-0.15, -0.1) is 0 Å². The van der Waals surface area contributed by atoms with E-state index in [1.54, 1.807) is 0 Å². The molecule has 1 fully saturated rings. The number of rotatable bonds is 1. The molecule has 1 atom stereocenters. The Balaban J connectivity index is 2.20. The van der Waals surface area contributed by atoms with Crippen LogP contribution in [0.2, 0.25) is 0 Å². The van der Waals surface area contributed by atoms with Gasteiger partial charge in [0, 0.05) is 12.7 Å². The molecule has 2 aliphatic rings. The molecule has 1 aromatic rings. The molecule has 114 valence electrons. The van der Waals surface area contributed by atoms with E-state index < -0.39 is 24.2 Å². The second kappa shape index (κ2) is 4.61. The van der Waals surface area contributed by atoms with E-state index in [0.717, 1.165) is 0 Å². The maximum atomic E-state index is 12.4. The maximum absolute atomic E-state index is 12.4. The molecule has 3 heterocycles. The summed E-state index contributed by atoms with van der Waals surface area (Å²) in [4.78, 5) is 26.1. The van der Waals surface area contributed by atoms with Crippen LogP contribution in [0.3, 0.4) is 0 Å². The van der Waals surface area contributed by atoms with Crippen LogP contribution in [0, 0.1) is 0 Å². The minimum absolute atomic E-state index is 0.00854. The SMILES string of the molecule is CP(C)(=O)c1cn2c(c(O)c1=O)C(=O)N1CCOCC1N2. The van der Waals surface area contributed by atoms with Crippen molar-refractivity contribution in [2.45, 2.75) is 6.17 Å². The number of fused-ring (bicyclic) bond motifs is 2. The standard InChI is InChI=1S/C12H16N3O5P/c1-21(2,19)7-5-15-9(11(17)10(7)16)12(18)14-3-4-20-6-8(14)13-15/h5,8,13,17H,3-4,6H2,1-2H3. The van der Waals surface area contributed by atoms with E-state index in [1.165, 1.54) is 29.1 Å². The summed E-state index contributed by atoms with van der Waals surface area (Å²) in [7, 11) is -2.87. The molecule has 1 amide bonds. The zero-order chi connectivity index (χ0) is 15.4. The summed E-state index contributed by atoms with van der Waals surface area (Å²) in [5.74, 6) is -1.11. The molecule has 2 N–H and O–H groups in total. The van der Waals surface area contributed by atoms with Crippen molar-refractivity contribution in [1.82, 2.24) is 9.58 Å². The number of amides is 1. The molecule has 9 heteroatoms. The van der Waals surface area contributed by atoms with Crippen molar-refractivity contribution in [3.8, 4) is 5.75 Å². The van der Waals surface area contributed by atoms with Crippen molar-refractivity contribution in [2.24, 2.45) is 0 Å². The van der Waals surface area contributed by atoms with Crippen molar-refractivity contribution in [3.63, 3.8) is 0 Å². The Bertz CT molecular complexity index is 722. The van der Waals surface area contributed by atoms with E-state index in [4.69, 9.17) is 4.74 Å². The molecular weight excluding hydrogens is 297 g/mol. The van der Waals surface area contributed by atoms with Crippen LogP contribution in [0.5, 0.6) is 5.75 Å². The largest absolute Gasteiger partial charge is 0.502 e. The monoisotopic (exact) mass is 313 g/mol. The predicted molar refractivity (Wildman–Crippen MR) is 76.5 cm³/mol. The van der Waals surface area contributed by atoms with Gasteiger partial charge in [0.25, 0.3) is 5.91 Å². The lowest BCUT2D eigenvalue weighted by Gasteiger charge is -2.41. The lowest BCUT2D eigenvalue weighted by Crippen LogP contribution is -2.59.